The molecule has 3 aromatic heterocycles. The van der Waals surface area contributed by atoms with E-state index in [1.165, 1.54) is 19.3 Å². The SMILES string of the molecule is CC(C)(C)c1cc(NC(=O)Nc2ccc(-n3cnc4cc(Oc5ccnc(C(=O)O)c5)ccc43)cc2)[nH]n1.CN. The summed E-state index contributed by atoms with van der Waals surface area (Å²) in [5, 5.41) is 21.7. The van der Waals surface area contributed by atoms with E-state index in [0.29, 0.717) is 28.5 Å². The van der Waals surface area contributed by atoms with Crippen LogP contribution in [0.3, 0.4) is 0 Å². The molecule has 5 aromatic rings. The molecule has 0 spiro atoms. The molecule has 12 heteroatoms. The van der Waals surface area contributed by atoms with Gasteiger partial charge in [0.2, 0.25) is 0 Å². The van der Waals surface area contributed by atoms with Crippen LogP contribution in [0, 0.1) is 0 Å². The van der Waals surface area contributed by atoms with E-state index >= 15 is 0 Å². The van der Waals surface area contributed by atoms with Crippen LogP contribution in [0.15, 0.2) is 73.2 Å². The highest BCUT2D eigenvalue weighted by molar-refractivity contribution is 5.99. The number of urea groups is 1. The van der Waals surface area contributed by atoms with E-state index in [0.717, 1.165) is 16.9 Å². The number of hydrogen-bond acceptors (Lipinski definition) is 7. The number of H-pyrrole nitrogens is 1. The predicted octanol–water partition coefficient (Wildman–Crippen LogP) is 5.15. The maximum atomic E-state index is 12.4. The number of carboxylic acids is 1. The number of anilines is 2. The summed E-state index contributed by atoms with van der Waals surface area (Å²) < 4.78 is 7.71. The van der Waals surface area contributed by atoms with Gasteiger partial charge >= 0.3 is 12.0 Å². The van der Waals surface area contributed by atoms with Gasteiger partial charge in [-0.25, -0.2) is 19.6 Å². The second-order valence-corrected chi connectivity index (χ2v) is 9.59. The largest absolute Gasteiger partial charge is 0.477 e. The van der Waals surface area contributed by atoms with Crippen molar-refractivity contribution in [3.63, 3.8) is 0 Å². The molecule has 0 aliphatic rings. The first kappa shape index (κ1) is 27.8. The molecule has 0 unspecified atom stereocenters. The number of pyridine rings is 1. The van der Waals surface area contributed by atoms with Crippen molar-refractivity contribution in [2.45, 2.75) is 26.2 Å². The average Bonchev–Trinajstić information content (AvgIpc) is 3.58. The first-order chi connectivity index (χ1) is 19.2. The highest BCUT2D eigenvalue weighted by Gasteiger charge is 2.18. The van der Waals surface area contributed by atoms with Gasteiger partial charge in [-0.2, -0.15) is 5.10 Å². The number of nitrogens with one attached hydrogen (secondary N) is 3. The molecule has 0 aliphatic heterocycles. The van der Waals surface area contributed by atoms with Crippen LogP contribution >= 0.6 is 0 Å². The highest BCUT2D eigenvalue weighted by Crippen LogP contribution is 2.27. The third-order valence-electron chi connectivity index (χ3n) is 5.70. The number of benzene rings is 2. The number of imidazole rings is 1. The minimum atomic E-state index is -1.13. The second kappa shape index (κ2) is 11.7. The minimum absolute atomic E-state index is 0.0979. The molecule has 0 bridgehead atoms. The van der Waals surface area contributed by atoms with Gasteiger partial charge in [0.15, 0.2) is 5.69 Å². The molecule has 6 N–H and O–H groups in total. The standard InChI is InChI=1S/C27H25N7O4.CH5N/c1-27(2,3)23-14-24(33-32-23)31-26(37)30-16-4-6-17(7-5-16)34-15-29-20-12-18(8-9-22(20)34)38-19-10-11-28-21(13-19)25(35)36;1-2/h4-15H,1-3H3,(H,35,36)(H3,30,31,32,33,37);2H2,1H3. The topological polar surface area (TPSA) is 173 Å². The lowest BCUT2D eigenvalue weighted by Gasteiger charge is -2.13. The number of carbonyl (C=O) groups is 2. The van der Waals surface area contributed by atoms with Gasteiger partial charge in [0, 0.05) is 41.2 Å². The number of ether oxygens (including phenoxy) is 1. The Balaban J connectivity index is 0.00000181. The van der Waals surface area contributed by atoms with Gasteiger partial charge in [-0.15, -0.1) is 0 Å². The van der Waals surface area contributed by atoms with E-state index in [2.05, 4.69) is 36.5 Å². The fraction of sp³-hybridized carbons (Fsp3) is 0.179. The molecule has 0 aliphatic carbocycles. The third kappa shape index (κ3) is 6.42. The van der Waals surface area contributed by atoms with E-state index in [4.69, 9.17) is 9.84 Å². The summed E-state index contributed by atoms with van der Waals surface area (Å²) in [5.41, 5.74) is 8.17. The van der Waals surface area contributed by atoms with Crippen molar-refractivity contribution in [1.82, 2.24) is 24.7 Å². The van der Waals surface area contributed by atoms with Crippen LogP contribution in [0.5, 0.6) is 11.5 Å². The molecule has 206 valence electrons. The fourth-order valence-electron chi connectivity index (χ4n) is 3.75. The van der Waals surface area contributed by atoms with Gasteiger partial charge in [-0.05, 0) is 49.5 Å². The molecule has 5 rings (SSSR count). The van der Waals surface area contributed by atoms with Crippen LogP contribution in [0.1, 0.15) is 37.0 Å². The smallest absolute Gasteiger partial charge is 0.354 e. The highest BCUT2D eigenvalue weighted by atomic mass is 16.5. The Hall–Kier alpha value is -5.23. The molecule has 3 heterocycles. The number of fused-ring (bicyclic) bond motifs is 1. The second-order valence-electron chi connectivity index (χ2n) is 9.59. The molecule has 0 fully saturated rings. The zero-order chi connectivity index (χ0) is 28.9. The van der Waals surface area contributed by atoms with E-state index in [1.54, 1.807) is 36.7 Å². The number of aromatic amines is 1. The Bertz CT molecular complexity index is 1630. The van der Waals surface area contributed by atoms with Gasteiger partial charge < -0.3 is 20.9 Å². The van der Waals surface area contributed by atoms with Crippen LogP contribution in [-0.2, 0) is 5.41 Å². The van der Waals surface area contributed by atoms with Crippen molar-refractivity contribution in [1.29, 1.82) is 0 Å². The number of carboxylic acid groups (broad SMARTS) is 1. The van der Waals surface area contributed by atoms with Gasteiger partial charge in [-0.1, -0.05) is 20.8 Å². The number of aromatic carboxylic acids is 1. The van der Waals surface area contributed by atoms with E-state index in [1.807, 2.05) is 49.6 Å². The summed E-state index contributed by atoms with van der Waals surface area (Å²) in [6.07, 6.45) is 3.08. The molecule has 0 saturated carbocycles. The number of aromatic nitrogens is 5. The molecular weight excluding hydrogens is 512 g/mol. The van der Waals surface area contributed by atoms with Crippen LogP contribution < -0.4 is 21.1 Å². The summed E-state index contributed by atoms with van der Waals surface area (Å²) >= 11 is 0. The average molecular weight is 543 g/mol. The molecule has 12 nitrogen and oxygen atoms in total. The van der Waals surface area contributed by atoms with Crippen LogP contribution in [0.4, 0.5) is 16.3 Å². The summed E-state index contributed by atoms with van der Waals surface area (Å²) in [5.74, 6) is 0.274. The van der Waals surface area contributed by atoms with E-state index in [-0.39, 0.29) is 17.1 Å². The Morgan fingerprint density at radius 1 is 0.950 bits per heavy atom. The summed E-state index contributed by atoms with van der Waals surface area (Å²) in [6, 6.07) is 17.1. The lowest BCUT2D eigenvalue weighted by molar-refractivity contribution is 0.0690. The number of nitrogens with zero attached hydrogens (tertiary/aromatic N) is 4. The van der Waals surface area contributed by atoms with Crippen molar-refractivity contribution in [2.75, 3.05) is 17.7 Å². The Morgan fingerprint density at radius 2 is 1.68 bits per heavy atom. The number of rotatable bonds is 6. The van der Waals surface area contributed by atoms with Crippen molar-refractivity contribution >= 4 is 34.5 Å². The molecule has 2 amide bonds. The maximum absolute atomic E-state index is 12.4. The van der Waals surface area contributed by atoms with Gasteiger partial charge in [0.05, 0.1) is 16.7 Å². The zero-order valence-corrected chi connectivity index (χ0v) is 22.5. The number of nitrogens with two attached hydrogens (primary N) is 1. The minimum Gasteiger partial charge on any atom is -0.477 e. The van der Waals surface area contributed by atoms with Crippen LogP contribution in [0.25, 0.3) is 16.7 Å². The maximum Gasteiger partial charge on any atom is 0.354 e. The molecule has 2 aromatic carbocycles. The summed E-state index contributed by atoms with van der Waals surface area (Å²) in [7, 11) is 1.50. The monoisotopic (exact) mass is 542 g/mol. The summed E-state index contributed by atoms with van der Waals surface area (Å²) in [4.78, 5) is 31.8. The van der Waals surface area contributed by atoms with Crippen LogP contribution in [0.2, 0.25) is 0 Å². The first-order valence-corrected chi connectivity index (χ1v) is 12.3. The number of amides is 2. The van der Waals surface area contributed by atoms with Crippen molar-refractivity contribution in [3.8, 4) is 17.2 Å². The van der Waals surface area contributed by atoms with Crippen LogP contribution in [-0.4, -0.2) is 48.9 Å². The van der Waals surface area contributed by atoms with Gasteiger partial charge in [0.25, 0.3) is 0 Å². The summed E-state index contributed by atoms with van der Waals surface area (Å²) in [6.45, 7) is 6.14. The van der Waals surface area contributed by atoms with Gasteiger partial charge in [-0.3, -0.25) is 15.0 Å². The Morgan fingerprint density at radius 3 is 2.35 bits per heavy atom. The molecule has 0 saturated heterocycles. The third-order valence-corrected chi connectivity index (χ3v) is 5.70. The molecule has 0 radical (unpaired) electrons. The van der Waals surface area contributed by atoms with Crippen molar-refractivity contribution in [2.24, 2.45) is 5.73 Å². The lowest BCUT2D eigenvalue weighted by Crippen LogP contribution is -2.19. The predicted molar refractivity (Wildman–Crippen MR) is 152 cm³/mol. The zero-order valence-electron chi connectivity index (χ0n) is 22.5. The number of carbonyl (C=O) groups excluding carboxylic acids is 1. The van der Waals surface area contributed by atoms with Crippen molar-refractivity contribution < 1.29 is 19.4 Å². The molecule has 0 atom stereocenters. The van der Waals surface area contributed by atoms with E-state index < -0.39 is 5.97 Å². The quantitative estimate of drug-likeness (QED) is 0.196. The fourth-order valence-corrected chi connectivity index (χ4v) is 3.75. The van der Waals surface area contributed by atoms with Gasteiger partial charge in [0.1, 0.15) is 23.6 Å². The van der Waals surface area contributed by atoms with Crippen molar-refractivity contribution in [3.05, 3.63) is 84.6 Å². The molecular formula is C28H30N8O4. The molecule has 40 heavy (non-hydrogen) atoms. The Kier molecular flexibility index (Phi) is 8.10. The normalized spacial score (nSPS) is 10.9. The number of hydrogen-bond donors (Lipinski definition) is 5. The lowest BCUT2D eigenvalue weighted by atomic mass is 9.92. The van der Waals surface area contributed by atoms with E-state index in [9.17, 15) is 9.59 Å². The Labute approximate surface area is 230 Å². The first-order valence-electron chi connectivity index (χ1n) is 12.3.